The molecule has 36 heavy (non-hydrogen) atoms. The van der Waals surface area contributed by atoms with E-state index >= 15 is 0 Å². The number of benzene rings is 3. The number of carbonyl (C=O) groups is 1. The van der Waals surface area contributed by atoms with Gasteiger partial charge in [0.15, 0.2) is 11.5 Å². The van der Waals surface area contributed by atoms with Crippen molar-refractivity contribution in [2.24, 2.45) is 5.10 Å². The van der Waals surface area contributed by atoms with Gasteiger partial charge in [0.05, 0.1) is 25.5 Å². The third-order valence-corrected chi connectivity index (χ3v) is 5.37. The molecular formula is C29H34N2O5. The van der Waals surface area contributed by atoms with E-state index in [2.05, 4.69) is 16.6 Å². The molecule has 0 aliphatic heterocycles. The molecule has 0 aromatic heterocycles. The molecule has 7 heteroatoms. The fourth-order valence-electron chi connectivity index (χ4n) is 3.58. The van der Waals surface area contributed by atoms with Gasteiger partial charge in [-0.2, -0.15) is 5.10 Å². The molecule has 7 nitrogen and oxygen atoms in total. The van der Waals surface area contributed by atoms with Crippen LogP contribution in [0.4, 0.5) is 0 Å². The van der Waals surface area contributed by atoms with E-state index in [4.69, 9.17) is 14.2 Å². The molecule has 3 aromatic rings. The minimum absolute atomic E-state index is 0.141. The minimum Gasteiger partial charge on any atom is -0.494 e. The average molecular weight is 491 g/mol. The molecule has 3 rings (SSSR count). The van der Waals surface area contributed by atoms with Crippen LogP contribution in [0.25, 0.3) is 0 Å². The van der Waals surface area contributed by atoms with Crippen molar-refractivity contribution in [2.45, 2.75) is 46.3 Å². The predicted octanol–water partition coefficient (Wildman–Crippen LogP) is 5.34. The van der Waals surface area contributed by atoms with E-state index in [-0.39, 0.29) is 18.7 Å². The number of hydrazone groups is 1. The maximum atomic E-state index is 12.2. The molecule has 2 N–H and O–H groups in total. The molecule has 3 aromatic carbocycles. The molecular weight excluding hydrogens is 456 g/mol. The lowest BCUT2D eigenvalue weighted by Crippen LogP contribution is -2.18. The van der Waals surface area contributed by atoms with Crippen molar-refractivity contribution >= 4 is 12.1 Å². The van der Waals surface area contributed by atoms with E-state index in [0.717, 1.165) is 22.4 Å². The number of aryl methyl sites for hydroxylation is 1. The number of amides is 1. The number of hydrogen-bond acceptors (Lipinski definition) is 6. The molecule has 1 atom stereocenters. The lowest BCUT2D eigenvalue weighted by molar-refractivity contribution is -0.121. The Morgan fingerprint density at radius 3 is 2.47 bits per heavy atom. The lowest BCUT2D eigenvalue weighted by atomic mass is 10.0. The normalized spacial score (nSPS) is 11.8. The Labute approximate surface area is 212 Å². The van der Waals surface area contributed by atoms with E-state index in [9.17, 15) is 9.90 Å². The van der Waals surface area contributed by atoms with Gasteiger partial charge in [0.1, 0.15) is 12.4 Å². The van der Waals surface area contributed by atoms with Crippen LogP contribution in [0.3, 0.4) is 0 Å². The predicted molar refractivity (Wildman–Crippen MR) is 141 cm³/mol. The first-order chi connectivity index (χ1) is 17.5. The van der Waals surface area contributed by atoms with Gasteiger partial charge < -0.3 is 19.3 Å². The van der Waals surface area contributed by atoms with Gasteiger partial charge in [-0.1, -0.05) is 42.0 Å². The molecule has 0 saturated carbocycles. The number of carbonyl (C=O) groups excluding carboxylic acids is 1. The van der Waals surface area contributed by atoms with Gasteiger partial charge in [0.25, 0.3) is 0 Å². The van der Waals surface area contributed by atoms with Crippen LogP contribution in [-0.4, -0.2) is 30.4 Å². The maximum Gasteiger partial charge on any atom is 0.240 e. The number of aliphatic hydroxyl groups excluding tert-OH is 1. The average Bonchev–Trinajstić information content (AvgIpc) is 2.88. The standard InChI is InChI=1S/C29H34N2O5/c1-4-34-25-12-10-24(11-13-25)26(32)14-16-29(33)31-30-19-22-9-15-27(28(18-22)35-5-2)36-20-23-8-6-7-21(3)17-23/h6-13,15,17-19,26,32H,4-5,14,16,20H2,1-3H3,(H,31,33)/b30-19-/t26-/m0/s1. The van der Waals surface area contributed by atoms with Gasteiger partial charge in [0, 0.05) is 6.42 Å². The minimum atomic E-state index is -0.739. The summed E-state index contributed by atoms with van der Waals surface area (Å²) in [6.07, 6.45) is 1.24. The van der Waals surface area contributed by atoms with Crippen molar-refractivity contribution in [3.05, 3.63) is 89.0 Å². The molecule has 0 aliphatic carbocycles. The third kappa shape index (κ3) is 8.43. The Balaban J connectivity index is 1.50. The van der Waals surface area contributed by atoms with E-state index in [0.29, 0.717) is 31.3 Å². The van der Waals surface area contributed by atoms with Crippen LogP contribution in [0.5, 0.6) is 17.2 Å². The first kappa shape index (κ1) is 26.8. The number of hydrogen-bond donors (Lipinski definition) is 2. The monoisotopic (exact) mass is 490 g/mol. The number of nitrogens with zero attached hydrogens (tertiary/aromatic N) is 1. The van der Waals surface area contributed by atoms with Crippen molar-refractivity contribution in [1.29, 1.82) is 0 Å². The lowest BCUT2D eigenvalue weighted by Gasteiger charge is -2.13. The smallest absolute Gasteiger partial charge is 0.240 e. The third-order valence-electron chi connectivity index (χ3n) is 5.37. The Morgan fingerprint density at radius 1 is 0.972 bits per heavy atom. The second-order valence-corrected chi connectivity index (χ2v) is 8.27. The Kier molecular flexibility index (Phi) is 10.3. The molecule has 0 spiro atoms. The van der Waals surface area contributed by atoms with Crippen LogP contribution in [0.1, 0.15) is 55.0 Å². The van der Waals surface area contributed by atoms with Crippen LogP contribution in [0, 0.1) is 6.92 Å². The van der Waals surface area contributed by atoms with Gasteiger partial charge in [-0.05, 0) is 74.2 Å². The largest absolute Gasteiger partial charge is 0.494 e. The summed E-state index contributed by atoms with van der Waals surface area (Å²) in [7, 11) is 0. The van der Waals surface area contributed by atoms with E-state index < -0.39 is 6.10 Å². The zero-order valence-corrected chi connectivity index (χ0v) is 21.1. The quantitative estimate of drug-likeness (QED) is 0.250. The van der Waals surface area contributed by atoms with Crippen LogP contribution in [0.2, 0.25) is 0 Å². The van der Waals surface area contributed by atoms with E-state index in [1.54, 1.807) is 18.3 Å². The highest BCUT2D eigenvalue weighted by Crippen LogP contribution is 2.29. The summed E-state index contributed by atoms with van der Waals surface area (Å²) in [6, 6.07) is 20.9. The van der Waals surface area contributed by atoms with Gasteiger partial charge in [-0.3, -0.25) is 4.79 Å². The van der Waals surface area contributed by atoms with Gasteiger partial charge in [-0.25, -0.2) is 5.43 Å². The van der Waals surface area contributed by atoms with E-state index in [1.165, 1.54) is 5.56 Å². The fourth-order valence-corrected chi connectivity index (χ4v) is 3.58. The van der Waals surface area contributed by atoms with Gasteiger partial charge in [-0.15, -0.1) is 0 Å². The van der Waals surface area contributed by atoms with Crippen LogP contribution >= 0.6 is 0 Å². The number of nitrogens with one attached hydrogen (secondary N) is 1. The van der Waals surface area contributed by atoms with Gasteiger partial charge in [0.2, 0.25) is 5.91 Å². The highest BCUT2D eigenvalue weighted by molar-refractivity contribution is 5.83. The van der Waals surface area contributed by atoms with Crippen LogP contribution in [0.15, 0.2) is 71.8 Å². The van der Waals surface area contributed by atoms with E-state index in [1.807, 2.05) is 69.3 Å². The van der Waals surface area contributed by atoms with Crippen molar-refractivity contribution in [3.8, 4) is 17.2 Å². The number of aliphatic hydroxyl groups is 1. The molecule has 190 valence electrons. The van der Waals surface area contributed by atoms with Crippen LogP contribution in [-0.2, 0) is 11.4 Å². The number of ether oxygens (including phenoxy) is 3. The summed E-state index contributed by atoms with van der Waals surface area (Å²) < 4.78 is 17.1. The summed E-state index contributed by atoms with van der Waals surface area (Å²) in [4.78, 5) is 12.2. The van der Waals surface area contributed by atoms with Gasteiger partial charge >= 0.3 is 0 Å². The zero-order chi connectivity index (χ0) is 25.8. The summed E-state index contributed by atoms with van der Waals surface area (Å²) in [6.45, 7) is 7.39. The first-order valence-corrected chi connectivity index (χ1v) is 12.2. The summed E-state index contributed by atoms with van der Waals surface area (Å²) >= 11 is 0. The maximum absolute atomic E-state index is 12.2. The summed E-state index contributed by atoms with van der Waals surface area (Å²) in [5.41, 5.74) is 6.27. The SMILES string of the molecule is CCOc1ccc([C@@H](O)CCC(=O)N/N=C\c2ccc(OCc3cccc(C)c3)c(OCC)c2)cc1. The fraction of sp³-hybridized carbons (Fsp3) is 0.310. The Morgan fingerprint density at radius 2 is 1.75 bits per heavy atom. The molecule has 0 aliphatic rings. The molecule has 0 bridgehead atoms. The molecule has 0 heterocycles. The molecule has 0 unspecified atom stereocenters. The second kappa shape index (κ2) is 13.9. The zero-order valence-electron chi connectivity index (χ0n) is 21.1. The first-order valence-electron chi connectivity index (χ1n) is 12.2. The summed E-state index contributed by atoms with van der Waals surface area (Å²) in [5.74, 6) is 1.72. The Hall–Kier alpha value is -3.84. The van der Waals surface area contributed by atoms with Crippen molar-refractivity contribution in [2.75, 3.05) is 13.2 Å². The van der Waals surface area contributed by atoms with Crippen molar-refractivity contribution in [1.82, 2.24) is 5.43 Å². The summed E-state index contributed by atoms with van der Waals surface area (Å²) in [5, 5.41) is 14.4. The second-order valence-electron chi connectivity index (χ2n) is 8.27. The molecule has 0 fully saturated rings. The molecule has 0 saturated heterocycles. The Bertz CT molecular complexity index is 1140. The van der Waals surface area contributed by atoms with Crippen molar-refractivity contribution < 1.29 is 24.1 Å². The number of rotatable bonds is 13. The molecule has 1 amide bonds. The highest BCUT2D eigenvalue weighted by Gasteiger charge is 2.11. The molecule has 0 radical (unpaired) electrons. The topological polar surface area (TPSA) is 89.4 Å². The highest BCUT2D eigenvalue weighted by atomic mass is 16.5. The van der Waals surface area contributed by atoms with Crippen LogP contribution < -0.4 is 19.6 Å². The van der Waals surface area contributed by atoms with Crippen molar-refractivity contribution in [3.63, 3.8) is 0 Å².